The summed E-state index contributed by atoms with van der Waals surface area (Å²) in [5, 5.41) is 9.12. The lowest BCUT2D eigenvalue weighted by Gasteiger charge is -2.07. The fraction of sp³-hybridized carbons (Fsp3) is 0.296. The molecule has 0 aliphatic carbocycles. The Balaban J connectivity index is 0.00000252. The van der Waals surface area contributed by atoms with E-state index in [0.717, 1.165) is 76.6 Å². The highest BCUT2D eigenvalue weighted by molar-refractivity contribution is 5.88. The van der Waals surface area contributed by atoms with Crippen molar-refractivity contribution in [1.29, 1.82) is 0 Å². The summed E-state index contributed by atoms with van der Waals surface area (Å²) < 4.78 is 0. The largest absolute Gasteiger partial charge is 0.341 e. The Kier molecular flexibility index (Phi) is 6.42. The van der Waals surface area contributed by atoms with Gasteiger partial charge in [-0.05, 0) is 56.3 Å². The summed E-state index contributed by atoms with van der Waals surface area (Å²) >= 11 is 0. The second kappa shape index (κ2) is 10.0. The maximum absolute atomic E-state index is 4.65. The van der Waals surface area contributed by atoms with Gasteiger partial charge in [0.1, 0.15) is 17.3 Å². The number of halogens is 1. The molecule has 0 bridgehead atoms. The minimum absolute atomic E-state index is 0. The molecule has 4 aromatic heterocycles. The molecule has 10 heteroatoms. The van der Waals surface area contributed by atoms with E-state index in [4.69, 9.17) is 0 Å². The number of hydrogen-bond acceptors (Lipinski definition) is 7. The number of aromatic nitrogens is 7. The molecule has 2 fully saturated rings. The fourth-order valence-electron chi connectivity index (χ4n) is 5.19. The number of H-pyrrole nitrogens is 2. The van der Waals surface area contributed by atoms with E-state index in [1.807, 2.05) is 37.1 Å². The van der Waals surface area contributed by atoms with E-state index < -0.39 is 0 Å². The van der Waals surface area contributed by atoms with Crippen LogP contribution in [0.15, 0.2) is 55.2 Å². The average molecular weight is 514 g/mol. The third-order valence-electron chi connectivity index (χ3n) is 7.20. The number of pyridine rings is 1. The van der Waals surface area contributed by atoms with E-state index in [-0.39, 0.29) is 12.4 Å². The van der Waals surface area contributed by atoms with Crippen LogP contribution in [-0.4, -0.2) is 48.0 Å². The molecule has 7 rings (SSSR count). The second-order valence-corrected chi connectivity index (χ2v) is 9.59. The lowest BCUT2D eigenvalue weighted by molar-refractivity contribution is 0.613. The molecule has 5 aromatic rings. The van der Waals surface area contributed by atoms with Crippen LogP contribution >= 0.6 is 12.4 Å². The van der Waals surface area contributed by atoms with Gasteiger partial charge in [0.05, 0.1) is 35.9 Å². The molecule has 9 nitrogen and oxygen atoms in total. The molecule has 2 aliphatic rings. The third-order valence-corrected chi connectivity index (χ3v) is 7.20. The van der Waals surface area contributed by atoms with Crippen LogP contribution in [0.25, 0.3) is 44.8 Å². The number of nitrogens with one attached hydrogen (secondary N) is 4. The van der Waals surface area contributed by atoms with Gasteiger partial charge in [-0.25, -0.2) is 19.9 Å². The van der Waals surface area contributed by atoms with Gasteiger partial charge in [-0.3, -0.25) is 4.98 Å². The first-order valence-electron chi connectivity index (χ1n) is 12.6. The Hall–Kier alpha value is -3.66. The first-order valence-corrected chi connectivity index (χ1v) is 12.6. The summed E-state index contributed by atoms with van der Waals surface area (Å²) in [6.45, 7) is 2.10. The lowest BCUT2D eigenvalue weighted by atomic mass is 10.1. The Morgan fingerprint density at radius 3 is 1.89 bits per heavy atom. The van der Waals surface area contributed by atoms with Gasteiger partial charge in [-0.1, -0.05) is 12.1 Å². The zero-order chi connectivity index (χ0) is 23.9. The first kappa shape index (κ1) is 23.7. The number of benzene rings is 1. The van der Waals surface area contributed by atoms with Gasteiger partial charge in [0.2, 0.25) is 0 Å². The molecule has 0 radical (unpaired) electrons. The average Bonchev–Trinajstić information content (AvgIpc) is 3.75. The SMILES string of the molecule is Cl.c1cc2cc(-c3ncc(-c4cnc([C@@H]5CCCN5)[nH]4)cn3)ncc2cc1-c1cnc([C@@H]2CCCN2)[nH]1. The highest BCUT2D eigenvalue weighted by atomic mass is 35.5. The van der Waals surface area contributed by atoms with E-state index in [2.05, 4.69) is 63.7 Å². The van der Waals surface area contributed by atoms with Crippen molar-refractivity contribution in [3.63, 3.8) is 0 Å². The van der Waals surface area contributed by atoms with Crippen LogP contribution in [0.4, 0.5) is 0 Å². The van der Waals surface area contributed by atoms with Crippen molar-refractivity contribution in [1.82, 2.24) is 45.5 Å². The number of nitrogens with zero attached hydrogens (tertiary/aromatic N) is 5. The first-order chi connectivity index (χ1) is 17.8. The van der Waals surface area contributed by atoms with Crippen molar-refractivity contribution in [2.45, 2.75) is 37.8 Å². The summed E-state index contributed by atoms with van der Waals surface area (Å²) in [5.74, 6) is 2.59. The molecule has 2 saturated heterocycles. The number of fused-ring (bicyclic) bond motifs is 1. The molecule has 2 aliphatic heterocycles. The standard InChI is InChI=1S/C27H27N9.ClH/c1-3-20(28-7-1)26-33-14-23(35-26)17-6-5-16-10-22(30-11-18(16)9-17)25-31-12-19(13-32-25)24-15-34-27(36-24)21-4-2-8-29-21;/h5-6,9-15,20-21,28-29H,1-4,7-8H2,(H,33,35)(H,34,36);1H/t20-,21-;/m0./s1. The highest BCUT2D eigenvalue weighted by Crippen LogP contribution is 2.28. The van der Waals surface area contributed by atoms with Crippen molar-refractivity contribution >= 4 is 23.2 Å². The third kappa shape index (κ3) is 4.61. The van der Waals surface area contributed by atoms with Gasteiger partial charge in [0.15, 0.2) is 5.82 Å². The van der Waals surface area contributed by atoms with Crippen molar-refractivity contribution in [2.75, 3.05) is 13.1 Å². The van der Waals surface area contributed by atoms with Crippen LogP contribution in [0.3, 0.4) is 0 Å². The van der Waals surface area contributed by atoms with Gasteiger partial charge >= 0.3 is 0 Å². The summed E-state index contributed by atoms with van der Waals surface area (Å²) in [4.78, 5) is 29.9. The molecule has 4 N–H and O–H groups in total. The summed E-state index contributed by atoms with van der Waals surface area (Å²) in [5.41, 5.74) is 4.70. The zero-order valence-corrected chi connectivity index (χ0v) is 21.1. The van der Waals surface area contributed by atoms with Crippen LogP contribution in [0.5, 0.6) is 0 Å². The maximum atomic E-state index is 4.65. The normalized spacial score (nSPS) is 19.4. The van der Waals surface area contributed by atoms with Crippen LogP contribution < -0.4 is 10.6 Å². The van der Waals surface area contributed by atoms with Gasteiger partial charge in [-0.15, -0.1) is 12.4 Å². The summed E-state index contributed by atoms with van der Waals surface area (Å²) in [6.07, 6.45) is 13.9. The Morgan fingerprint density at radius 2 is 1.27 bits per heavy atom. The summed E-state index contributed by atoms with van der Waals surface area (Å²) in [7, 11) is 0. The number of aromatic amines is 2. The smallest absolute Gasteiger partial charge is 0.178 e. The van der Waals surface area contributed by atoms with Crippen molar-refractivity contribution in [3.8, 4) is 34.0 Å². The Morgan fingerprint density at radius 1 is 0.622 bits per heavy atom. The number of hydrogen-bond donors (Lipinski definition) is 4. The lowest BCUT2D eigenvalue weighted by Crippen LogP contribution is -2.14. The molecule has 0 unspecified atom stereocenters. The number of imidazole rings is 2. The quantitative estimate of drug-likeness (QED) is 0.268. The van der Waals surface area contributed by atoms with E-state index in [1.165, 1.54) is 12.8 Å². The van der Waals surface area contributed by atoms with Gasteiger partial charge in [0.25, 0.3) is 0 Å². The zero-order valence-electron chi connectivity index (χ0n) is 20.2. The topological polar surface area (TPSA) is 120 Å². The minimum Gasteiger partial charge on any atom is -0.341 e. The molecular formula is C27H28ClN9. The second-order valence-electron chi connectivity index (χ2n) is 9.59. The van der Waals surface area contributed by atoms with Crippen LogP contribution in [0, 0.1) is 0 Å². The van der Waals surface area contributed by atoms with E-state index in [0.29, 0.717) is 17.9 Å². The molecule has 0 amide bonds. The van der Waals surface area contributed by atoms with Crippen molar-refractivity contribution in [2.24, 2.45) is 0 Å². The Labute approximate surface area is 220 Å². The predicted octanol–water partition coefficient (Wildman–Crippen LogP) is 4.74. The molecule has 0 saturated carbocycles. The van der Waals surface area contributed by atoms with E-state index in [1.54, 1.807) is 0 Å². The van der Waals surface area contributed by atoms with Gasteiger partial charge in [-0.2, -0.15) is 0 Å². The van der Waals surface area contributed by atoms with Crippen molar-refractivity contribution < 1.29 is 0 Å². The van der Waals surface area contributed by atoms with Crippen molar-refractivity contribution in [3.05, 3.63) is 66.9 Å². The van der Waals surface area contributed by atoms with Gasteiger partial charge < -0.3 is 20.6 Å². The molecule has 0 spiro atoms. The van der Waals surface area contributed by atoms with Crippen LogP contribution in [0.1, 0.15) is 49.4 Å². The molecule has 37 heavy (non-hydrogen) atoms. The maximum Gasteiger partial charge on any atom is 0.178 e. The molecule has 1 aromatic carbocycles. The molecule has 188 valence electrons. The van der Waals surface area contributed by atoms with E-state index in [9.17, 15) is 0 Å². The highest BCUT2D eigenvalue weighted by Gasteiger charge is 2.20. The minimum atomic E-state index is 0. The van der Waals surface area contributed by atoms with Gasteiger partial charge in [0, 0.05) is 35.1 Å². The molecule has 2 atom stereocenters. The van der Waals surface area contributed by atoms with Crippen LogP contribution in [-0.2, 0) is 0 Å². The number of rotatable bonds is 5. The predicted molar refractivity (Wildman–Crippen MR) is 145 cm³/mol. The molecule has 6 heterocycles. The summed E-state index contributed by atoms with van der Waals surface area (Å²) in [6, 6.07) is 9.04. The molecular weight excluding hydrogens is 486 g/mol. The van der Waals surface area contributed by atoms with E-state index >= 15 is 0 Å². The van der Waals surface area contributed by atoms with Crippen LogP contribution in [0.2, 0.25) is 0 Å². The Bertz CT molecular complexity index is 1510. The fourth-order valence-corrected chi connectivity index (χ4v) is 5.19. The monoisotopic (exact) mass is 513 g/mol.